The van der Waals surface area contributed by atoms with Crippen LogP contribution in [0.15, 0.2) is 24.4 Å². The second-order valence-electron chi connectivity index (χ2n) is 3.57. The molecular formula is C10H10ClN5O2. The molecule has 8 heteroatoms. The molecule has 0 amide bonds. The maximum atomic E-state index is 11.0. The van der Waals surface area contributed by atoms with Crippen molar-refractivity contribution in [3.8, 4) is 5.69 Å². The van der Waals surface area contributed by atoms with Gasteiger partial charge < -0.3 is 5.32 Å². The van der Waals surface area contributed by atoms with Crippen molar-refractivity contribution in [2.24, 2.45) is 0 Å². The molecule has 0 aliphatic heterocycles. The highest BCUT2D eigenvalue weighted by molar-refractivity contribution is 6.30. The molecule has 2 rings (SSSR count). The van der Waals surface area contributed by atoms with E-state index >= 15 is 0 Å². The lowest BCUT2D eigenvalue weighted by atomic mass is 10.2. The second-order valence-corrected chi connectivity index (χ2v) is 4.01. The summed E-state index contributed by atoms with van der Waals surface area (Å²) in [5, 5.41) is 21.9. The van der Waals surface area contributed by atoms with Gasteiger partial charge in [0.05, 0.1) is 16.8 Å². The standard InChI is InChI=1S/C10H10ClN5O2/c1-12-5-8-6-15(14-13-8)9-3-2-7(11)4-10(9)16(17)18/h2-4,6,12H,5H2,1H3. The summed E-state index contributed by atoms with van der Waals surface area (Å²) in [5.74, 6) is 0. The number of nitrogens with one attached hydrogen (secondary N) is 1. The Morgan fingerprint density at radius 2 is 2.33 bits per heavy atom. The summed E-state index contributed by atoms with van der Waals surface area (Å²) in [6.45, 7) is 0.543. The number of hydrogen-bond acceptors (Lipinski definition) is 5. The van der Waals surface area contributed by atoms with Crippen LogP contribution in [0.2, 0.25) is 5.02 Å². The van der Waals surface area contributed by atoms with Crippen LogP contribution >= 0.6 is 11.6 Å². The predicted octanol–water partition coefficient (Wildman–Crippen LogP) is 1.55. The average Bonchev–Trinajstić information content (AvgIpc) is 2.78. The molecule has 1 aromatic heterocycles. The molecule has 1 aromatic carbocycles. The maximum Gasteiger partial charge on any atom is 0.296 e. The van der Waals surface area contributed by atoms with Crippen LogP contribution in [0.1, 0.15) is 5.69 Å². The lowest BCUT2D eigenvalue weighted by molar-refractivity contribution is -0.384. The van der Waals surface area contributed by atoms with E-state index in [1.165, 1.54) is 16.8 Å². The van der Waals surface area contributed by atoms with Gasteiger partial charge in [0.1, 0.15) is 5.69 Å². The molecule has 0 aliphatic carbocycles. The summed E-state index contributed by atoms with van der Waals surface area (Å²) < 4.78 is 1.36. The minimum Gasteiger partial charge on any atom is -0.314 e. The van der Waals surface area contributed by atoms with Crippen LogP contribution in [0.3, 0.4) is 0 Å². The fourth-order valence-electron chi connectivity index (χ4n) is 1.51. The average molecular weight is 268 g/mol. The molecular weight excluding hydrogens is 258 g/mol. The zero-order chi connectivity index (χ0) is 13.1. The van der Waals surface area contributed by atoms with Crippen molar-refractivity contribution in [3.05, 3.63) is 45.2 Å². The van der Waals surface area contributed by atoms with E-state index in [1.807, 2.05) is 0 Å². The normalized spacial score (nSPS) is 10.6. The summed E-state index contributed by atoms with van der Waals surface area (Å²) in [6.07, 6.45) is 1.63. The molecule has 0 fully saturated rings. The van der Waals surface area contributed by atoms with Gasteiger partial charge in [0.25, 0.3) is 5.69 Å². The Hall–Kier alpha value is -1.99. The van der Waals surface area contributed by atoms with Gasteiger partial charge in [-0.1, -0.05) is 16.8 Å². The van der Waals surface area contributed by atoms with Crippen molar-refractivity contribution >= 4 is 17.3 Å². The molecule has 0 saturated carbocycles. The fourth-order valence-corrected chi connectivity index (χ4v) is 1.68. The van der Waals surface area contributed by atoms with Crippen molar-refractivity contribution < 1.29 is 4.92 Å². The van der Waals surface area contributed by atoms with Gasteiger partial charge in [0.2, 0.25) is 0 Å². The van der Waals surface area contributed by atoms with Crippen LogP contribution in [-0.2, 0) is 6.54 Å². The highest BCUT2D eigenvalue weighted by atomic mass is 35.5. The van der Waals surface area contributed by atoms with Crippen LogP contribution < -0.4 is 5.32 Å². The minimum absolute atomic E-state index is 0.108. The number of hydrogen-bond donors (Lipinski definition) is 1. The summed E-state index contributed by atoms with van der Waals surface area (Å²) in [5.41, 5.74) is 0.921. The third-order valence-corrected chi connectivity index (χ3v) is 2.51. The lowest BCUT2D eigenvalue weighted by Crippen LogP contribution is -2.05. The highest BCUT2D eigenvalue weighted by Gasteiger charge is 2.17. The summed E-state index contributed by atoms with van der Waals surface area (Å²) in [7, 11) is 1.78. The molecule has 0 bridgehead atoms. The molecule has 94 valence electrons. The Labute approximate surface area is 108 Å². The molecule has 0 radical (unpaired) electrons. The lowest BCUT2D eigenvalue weighted by Gasteiger charge is -2.01. The van der Waals surface area contributed by atoms with Crippen molar-refractivity contribution in [3.63, 3.8) is 0 Å². The summed E-state index contributed by atoms with van der Waals surface area (Å²) >= 11 is 5.74. The molecule has 1 heterocycles. The van der Waals surface area contributed by atoms with Crippen molar-refractivity contribution in [2.45, 2.75) is 6.54 Å². The van der Waals surface area contributed by atoms with Gasteiger partial charge in [-0.25, -0.2) is 4.68 Å². The first kappa shape index (κ1) is 12.5. The molecule has 0 unspecified atom stereocenters. The monoisotopic (exact) mass is 267 g/mol. The number of benzene rings is 1. The number of rotatable bonds is 4. The Kier molecular flexibility index (Phi) is 3.54. The van der Waals surface area contributed by atoms with Gasteiger partial charge in [-0.15, -0.1) is 5.10 Å². The SMILES string of the molecule is CNCc1cn(-c2ccc(Cl)cc2[N+](=O)[O-])nn1. The predicted molar refractivity (Wildman–Crippen MR) is 65.8 cm³/mol. The zero-order valence-corrected chi connectivity index (χ0v) is 10.3. The topological polar surface area (TPSA) is 85.9 Å². The smallest absolute Gasteiger partial charge is 0.296 e. The van der Waals surface area contributed by atoms with E-state index < -0.39 is 4.92 Å². The first-order chi connectivity index (χ1) is 8.61. The minimum atomic E-state index is -0.499. The second kappa shape index (κ2) is 5.11. The Morgan fingerprint density at radius 3 is 3.00 bits per heavy atom. The van der Waals surface area contributed by atoms with Gasteiger partial charge in [-0.05, 0) is 19.2 Å². The van der Waals surface area contributed by atoms with E-state index in [-0.39, 0.29) is 5.69 Å². The van der Waals surface area contributed by atoms with E-state index in [4.69, 9.17) is 11.6 Å². The van der Waals surface area contributed by atoms with Gasteiger partial charge in [-0.3, -0.25) is 10.1 Å². The van der Waals surface area contributed by atoms with E-state index in [0.29, 0.717) is 22.9 Å². The Bertz CT molecular complexity index is 583. The largest absolute Gasteiger partial charge is 0.314 e. The number of aromatic nitrogens is 3. The molecule has 0 saturated heterocycles. The third kappa shape index (κ3) is 2.47. The first-order valence-corrected chi connectivity index (χ1v) is 5.49. The molecule has 0 spiro atoms. The van der Waals surface area contributed by atoms with Crippen LogP contribution in [0.4, 0.5) is 5.69 Å². The van der Waals surface area contributed by atoms with Crippen molar-refractivity contribution in [1.29, 1.82) is 0 Å². The van der Waals surface area contributed by atoms with E-state index in [1.54, 1.807) is 19.3 Å². The van der Waals surface area contributed by atoms with Gasteiger partial charge in [0, 0.05) is 17.6 Å². The van der Waals surface area contributed by atoms with Crippen LogP contribution in [0, 0.1) is 10.1 Å². The number of nitrogens with zero attached hydrogens (tertiary/aromatic N) is 4. The number of nitro benzene ring substituents is 1. The third-order valence-electron chi connectivity index (χ3n) is 2.28. The maximum absolute atomic E-state index is 11.0. The Balaban J connectivity index is 2.45. The molecule has 0 atom stereocenters. The van der Waals surface area contributed by atoms with Crippen LogP contribution in [-0.4, -0.2) is 27.0 Å². The van der Waals surface area contributed by atoms with Gasteiger partial charge in [0.15, 0.2) is 0 Å². The Morgan fingerprint density at radius 1 is 1.56 bits per heavy atom. The first-order valence-electron chi connectivity index (χ1n) is 5.12. The van der Waals surface area contributed by atoms with Crippen molar-refractivity contribution in [2.75, 3.05) is 7.05 Å². The highest BCUT2D eigenvalue weighted by Crippen LogP contribution is 2.25. The number of halogens is 1. The van der Waals surface area contributed by atoms with E-state index in [0.717, 1.165) is 0 Å². The molecule has 7 nitrogen and oxygen atoms in total. The molecule has 2 aromatic rings. The zero-order valence-electron chi connectivity index (χ0n) is 9.50. The van der Waals surface area contributed by atoms with Crippen LogP contribution in [0.25, 0.3) is 5.69 Å². The summed E-state index contributed by atoms with van der Waals surface area (Å²) in [4.78, 5) is 10.5. The summed E-state index contributed by atoms with van der Waals surface area (Å²) in [6, 6.07) is 4.40. The number of nitro groups is 1. The van der Waals surface area contributed by atoms with E-state index in [2.05, 4.69) is 15.6 Å². The van der Waals surface area contributed by atoms with Crippen molar-refractivity contribution in [1.82, 2.24) is 20.3 Å². The van der Waals surface area contributed by atoms with Crippen LogP contribution in [0.5, 0.6) is 0 Å². The van der Waals surface area contributed by atoms with E-state index in [9.17, 15) is 10.1 Å². The molecule has 18 heavy (non-hydrogen) atoms. The quantitative estimate of drug-likeness (QED) is 0.671. The fraction of sp³-hybridized carbons (Fsp3) is 0.200. The van der Waals surface area contributed by atoms with Gasteiger partial charge >= 0.3 is 0 Å². The molecule has 1 N–H and O–H groups in total. The molecule has 0 aliphatic rings. The van der Waals surface area contributed by atoms with Gasteiger partial charge in [-0.2, -0.15) is 0 Å².